The van der Waals surface area contributed by atoms with E-state index < -0.39 is 0 Å². The molecule has 0 aliphatic heterocycles. The van der Waals surface area contributed by atoms with E-state index in [0.717, 1.165) is 22.0 Å². The summed E-state index contributed by atoms with van der Waals surface area (Å²) in [6, 6.07) is 29.0. The number of halogens is 1. The molecule has 30 heavy (non-hydrogen) atoms. The normalized spacial score (nSPS) is 21.9. The zero-order valence-corrected chi connectivity index (χ0v) is 18.0. The molecule has 2 atom stereocenters. The molecule has 2 aliphatic rings. The number of fused-ring (bicyclic) bond motifs is 1. The molecule has 1 fully saturated rings. The predicted octanol–water partition coefficient (Wildman–Crippen LogP) is 7.23. The maximum absolute atomic E-state index is 13.6. The third-order valence-corrected chi connectivity index (χ3v) is 6.54. The van der Waals surface area contributed by atoms with Crippen LogP contribution in [0.25, 0.3) is 11.6 Å². The Hall–Kier alpha value is -2.97. The number of benzene rings is 3. The van der Waals surface area contributed by atoms with Gasteiger partial charge in [0.1, 0.15) is 0 Å². The van der Waals surface area contributed by atoms with E-state index in [4.69, 9.17) is 0 Å². The number of carbonyl (C=O) groups is 1. The van der Waals surface area contributed by atoms with Gasteiger partial charge in [-0.1, -0.05) is 106 Å². The highest BCUT2D eigenvalue weighted by Crippen LogP contribution is 2.50. The molecule has 1 saturated carbocycles. The Morgan fingerprint density at radius 3 is 2.13 bits per heavy atom. The van der Waals surface area contributed by atoms with Crippen molar-refractivity contribution in [3.05, 3.63) is 129 Å². The van der Waals surface area contributed by atoms with Gasteiger partial charge in [-0.15, -0.1) is 0 Å². The van der Waals surface area contributed by atoms with Crippen molar-refractivity contribution in [3.63, 3.8) is 0 Å². The first kappa shape index (κ1) is 19.0. The lowest BCUT2D eigenvalue weighted by atomic mass is 9.72. The summed E-state index contributed by atoms with van der Waals surface area (Å²) >= 11 is 3.48. The standard InChI is InChI=1S/C28H21BrO/c29-24-14-11-19(12-15-24)17-23-18-22-13-16-25(20-7-3-1-4-8-20)26(27(22)28(23)30)21-9-5-2-6-10-21/h1-17,26-27H,18H2/b23-17-. The molecule has 3 aromatic carbocycles. The molecule has 3 aromatic rings. The minimum absolute atomic E-state index is 0.0388. The molecule has 0 aromatic heterocycles. The Morgan fingerprint density at radius 1 is 0.767 bits per heavy atom. The number of ketones is 1. The monoisotopic (exact) mass is 452 g/mol. The van der Waals surface area contributed by atoms with Crippen LogP contribution in [-0.2, 0) is 4.79 Å². The number of hydrogen-bond acceptors (Lipinski definition) is 1. The Morgan fingerprint density at radius 2 is 1.43 bits per heavy atom. The van der Waals surface area contributed by atoms with Crippen molar-refractivity contribution < 1.29 is 4.79 Å². The van der Waals surface area contributed by atoms with Gasteiger partial charge in [-0.3, -0.25) is 4.79 Å². The molecule has 0 spiro atoms. The number of hydrogen-bond donors (Lipinski definition) is 0. The van der Waals surface area contributed by atoms with Crippen LogP contribution in [0.2, 0.25) is 0 Å². The summed E-state index contributed by atoms with van der Waals surface area (Å²) in [6.45, 7) is 0. The van der Waals surface area contributed by atoms with Gasteiger partial charge in [-0.2, -0.15) is 0 Å². The first-order valence-corrected chi connectivity index (χ1v) is 11.0. The summed E-state index contributed by atoms with van der Waals surface area (Å²) in [7, 11) is 0. The largest absolute Gasteiger partial charge is 0.294 e. The van der Waals surface area contributed by atoms with Gasteiger partial charge in [0, 0.05) is 16.0 Å². The van der Waals surface area contributed by atoms with Crippen LogP contribution >= 0.6 is 15.9 Å². The lowest BCUT2D eigenvalue weighted by Gasteiger charge is -2.30. The minimum atomic E-state index is -0.130. The molecule has 2 aliphatic carbocycles. The van der Waals surface area contributed by atoms with Crippen molar-refractivity contribution in [2.45, 2.75) is 12.3 Å². The first-order valence-electron chi connectivity index (χ1n) is 10.2. The molecule has 2 unspecified atom stereocenters. The van der Waals surface area contributed by atoms with Gasteiger partial charge in [0.2, 0.25) is 0 Å². The van der Waals surface area contributed by atoms with Gasteiger partial charge in [-0.25, -0.2) is 0 Å². The number of Topliss-reactive ketones (excluding diaryl/α,β-unsaturated/α-hetero) is 1. The van der Waals surface area contributed by atoms with Crippen LogP contribution in [0.4, 0.5) is 0 Å². The van der Waals surface area contributed by atoms with Crippen molar-refractivity contribution in [3.8, 4) is 0 Å². The molecule has 5 rings (SSSR count). The second-order valence-corrected chi connectivity index (χ2v) is 8.77. The van der Waals surface area contributed by atoms with Crippen LogP contribution in [0.5, 0.6) is 0 Å². The zero-order chi connectivity index (χ0) is 20.5. The van der Waals surface area contributed by atoms with Gasteiger partial charge in [-0.05, 0) is 46.9 Å². The molecule has 146 valence electrons. The topological polar surface area (TPSA) is 17.1 Å². The molecular weight excluding hydrogens is 432 g/mol. The minimum Gasteiger partial charge on any atom is -0.294 e. The average molecular weight is 453 g/mol. The summed E-state index contributed by atoms with van der Waals surface area (Å²) in [5.41, 5.74) is 6.78. The van der Waals surface area contributed by atoms with Crippen LogP contribution in [-0.4, -0.2) is 5.78 Å². The summed E-state index contributed by atoms with van der Waals surface area (Å²) in [5, 5.41) is 0. The van der Waals surface area contributed by atoms with E-state index in [1.165, 1.54) is 22.3 Å². The van der Waals surface area contributed by atoms with E-state index in [1.807, 2.05) is 36.4 Å². The van der Waals surface area contributed by atoms with Crippen LogP contribution in [0.1, 0.15) is 29.0 Å². The summed E-state index contributed by atoms with van der Waals surface area (Å²) < 4.78 is 1.04. The highest BCUT2D eigenvalue weighted by molar-refractivity contribution is 9.10. The van der Waals surface area contributed by atoms with Crippen LogP contribution in [0.3, 0.4) is 0 Å². The molecule has 0 heterocycles. The smallest absolute Gasteiger partial charge is 0.167 e. The maximum Gasteiger partial charge on any atom is 0.167 e. The van der Waals surface area contributed by atoms with Crippen molar-refractivity contribution in [1.82, 2.24) is 0 Å². The second-order valence-electron chi connectivity index (χ2n) is 7.86. The highest BCUT2D eigenvalue weighted by Gasteiger charge is 2.42. The van der Waals surface area contributed by atoms with E-state index in [-0.39, 0.29) is 17.6 Å². The molecule has 2 heteroatoms. The highest BCUT2D eigenvalue weighted by atomic mass is 79.9. The number of rotatable bonds is 3. The van der Waals surface area contributed by atoms with Gasteiger partial charge in [0.25, 0.3) is 0 Å². The van der Waals surface area contributed by atoms with Crippen molar-refractivity contribution in [2.75, 3.05) is 0 Å². The van der Waals surface area contributed by atoms with Crippen LogP contribution in [0, 0.1) is 5.92 Å². The van der Waals surface area contributed by atoms with Gasteiger partial charge >= 0.3 is 0 Å². The van der Waals surface area contributed by atoms with E-state index in [2.05, 4.69) is 82.7 Å². The van der Waals surface area contributed by atoms with E-state index in [1.54, 1.807) is 0 Å². The lowest BCUT2D eigenvalue weighted by Crippen LogP contribution is -2.22. The maximum atomic E-state index is 13.6. The Kier molecular flexibility index (Phi) is 5.10. The summed E-state index contributed by atoms with van der Waals surface area (Å²) in [5.74, 6) is 0.158. The molecular formula is C28H21BrO. The summed E-state index contributed by atoms with van der Waals surface area (Å²) in [6.07, 6.45) is 7.17. The van der Waals surface area contributed by atoms with Crippen molar-refractivity contribution in [2.24, 2.45) is 5.92 Å². The van der Waals surface area contributed by atoms with Gasteiger partial charge in [0.05, 0.1) is 5.92 Å². The van der Waals surface area contributed by atoms with Crippen LogP contribution in [0.15, 0.2) is 113 Å². The molecule has 1 nitrogen and oxygen atoms in total. The van der Waals surface area contributed by atoms with E-state index in [0.29, 0.717) is 0 Å². The van der Waals surface area contributed by atoms with Crippen molar-refractivity contribution in [1.29, 1.82) is 0 Å². The summed E-state index contributed by atoms with van der Waals surface area (Å²) in [4.78, 5) is 13.6. The third-order valence-electron chi connectivity index (χ3n) is 6.02. The van der Waals surface area contributed by atoms with Crippen LogP contribution < -0.4 is 0 Å². The van der Waals surface area contributed by atoms with Gasteiger partial charge in [0.15, 0.2) is 5.78 Å². The molecule has 0 saturated heterocycles. The zero-order valence-electron chi connectivity index (χ0n) is 16.5. The fourth-order valence-corrected chi connectivity index (χ4v) is 4.88. The number of carbonyl (C=O) groups excluding carboxylic acids is 1. The second kappa shape index (κ2) is 8.04. The van der Waals surface area contributed by atoms with E-state index in [9.17, 15) is 4.79 Å². The third kappa shape index (κ3) is 3.53. The van der Waals surface area contributed by atoms with E-state index >= 15 is 0 Å². The fourth-order valence-electron chi connectivity index (χ4n) is 4.61. The van der Waals surface area contributed by atoms with Crippen molar-refractivity contribution >= 4 is 33.4 Å². The predicted molar refractivity (Wildman–Crippen MR) is 127 cm³/mol. The SMILES string of the molecule is O=C1/C(=C\c2ccc(Br)cc2)CC2=CC=C(c3ccccc3)C(c3ccccc3)C12. The molecule has 0 bridgehead atoms. The molecule has 0 amide bonds. The Bertz CT molecular complexity index is 1170. The Balaban J connectivity index is 1.57. The molecule has 0 N–H and O–H groups in total. The quantitative estimate of drug-likeness (QED) is 0.383. The average Bonchev–Trinajstić information content (AvgIpc) is 3.11. The lowest BCUT2D eigenvalue weighted by molar-refractivity contribution is -0.117. The molecule has 0 radical (unpaired) electrons. The number of allylic oxidation sites excluding steroid dienone is 5. The van der Waals surface area contributed by atoms with Gasteiger partial charge < -0.3 is 0 Å². The first-order chi connectivity index (χ1) is 14.7. The fraction of sp³-hybridized carbons (Fsp3) is 0.107. The Labute approximate surface area is 185 Å².